The summed E-state index contributed by atoms with van der Waals surface area (Å²) in [4.78, 5) is 18.4. The monoisotopic (exact) mass is 438 g/mol. The zero-order valence-corrected chi connectivity index (χ0v) is 18.8. The van der Waals surface area contributed by atoms with E-state index in [4.69, 9.17) is 16.6 Å². The molecule has 30 heavy (non-hydrogen) atoms. The van der Waals surface area contributed by atoms with Crippen LogP contribution in [-0.2, 0) is 18.8 Å². The molecule has 0 fully saturated rings. The number of nitrogens with zero attached hydrogens (tertiary/aromatic N) is 4. The third kappa shape index (κ3) is 4.16. The summed E-state index contributed by atoms with van der Waals surface area (Å²) < 4.78 is 3.51. The molecular formula is C23H23ClN4OS. The molecule has 5 nitrogen and oxygen atoms in total. The molecule has 2 heterocycles. The fourth-order valence-corrected chi connectivity index (χ4v) is 4.44. The van der Waals surface area contributed by atoms with Crippen LogP contribution >= 0.6 is 23.4 Å². The normalized spacial score (nSPS) is 11.3. The number of thioether (sulfide) groups is 1. The molecule has 0 bridgehead atoms. The average molecular weight is 439 g/mol. The minimum absolute atomic E-state index is 0.0540. The second kappa shape index (κ2) is 8.66. The van der Waals surface area contributed by atoms with Gasteiger partial charge in [-0.2, -0.15) is 5.10 Å². The van der Waals surface area contributed by atoms with Crippen LogP contribution in [0.15, 0.2) is 58.5 Å². The lowest BCUT2D eigenvalue weighted by Gasteiger charge is -2.13. The van der Waals surface area contributed by atoms with Crippen LogP contribution in [0.2, 0.25) is 5.02 Å². The van der Waals surface area contributed by atoms with Gasteiger partial charge in [-0.05, 0) is 44.0 Å². The Balaban J connectivity index is 1.79. The smallest absolute Gasteiger partial charge is 0.280 e. The lowest BCUT2D eigenvalue weighted by molar-refractivity contribution is 0.636. The summed E-state index contributed by atoms with van der Waals surface area (Å²) in [6.07, 6.45) is 0. The Hall–Kier alpha value is -2.57. The molecule has 4 rings (SSSR count). The van der Waals surface area contributed by atoms with Gasteiger partial charge in [-0.3, -0.25) is 14.0 Å². The van der Waals surface area contributed by atoms with Crippen molar-refractivity contribution in [1.82, 2.24) is 19.3 Å². The third-order valence-electron chi connectivity index (χ3n) is 5.02. The summed E-state index contributed by atoms with van der Waals surface area (Å²) in [5.41, 5.74) is 5.36. The number of aryl methyl sites for hydroxylation is 3. The average Bonchev–Trinajstić information content (AvgIpc) is 3.07. The molecule has 0 aliphatic heterocycles. The van der Waals surface area contributed by atoms with Gasteiger partial charge in [0.2, 0.25) is 0 Å². The van der Waals surface area contributed by atoms with Crippen molar-refractivity contribution in [2.75, 3.05) is 0 Å². The fraction of sp³-hybridized carbons (Fsp3) is 0.261. The van der Waals surface area contributed by atoms with Gasteiger partial charge in [-0.1, -0.05) is 65.3 Å². The summed E-state index contributed by atoms with van der Waals surface area (Å²) >= 11 is 7.56. The number of fused-ring (bicyclic) bond motifs is 1. The molecule has 0 atom stereocenters. The number of rotatable bonds is 6. The summed E-state index contributed by atoms with van der Waals surface area (Å²) in [5, 5.41) is 5.92. The van der Waals surface area contributed by atoms with Gasteiger partial charge in [0.15, 0.2) is 10.7 Å². The molecule has 0 aliphatic carbocycles. The molecule has 2 aromatic heterocycles. The van der Waals surface area contributed by atoms with E-state index in [1.807, 2.05) is 38.1 Å². The number of hydrogen-bond acceptors (Lipinski definition) is 4. The molecule has 154 valence electrons. The van der Waals surface area contributed by atoms with E-state index in [0.717, 1.165) is 16.8 Å². The highest BCUT2D eigenvalue weighted by Crippen LogP contribution is 2.25. The zero-order chi connectivity index (χ0) is 21.3. The van der Waals surface area contributed by atoms with Gasteiger partial charge in [-0.25, -0.2) is 4.98 Å². The Labute approximate surface area is 184 Å². The SMILES string of the molecule is CCn1nc(C)c2nc(SCc3ccc(Cl)cc3)n(Cc3ccc(C)cc3)c(=O)c21. The first-order valence-electron chi connectivity index (χ1n) is 9.87. The standard InChI is InChI=1S/C23H23ClN4OS/c1-4-28-21-20(16(3)26-28)25-23(30-14-18-9-11-19(24)12-10-18)27(22(21)29)13-17-7-5-15(2)6-8-17/h5-12H,4,13-14H2,1-3H3. The van der Waals surface area contributed by atoms with Crippen LogP contribution in [0.3, 0.4) is 0 Å². The van der Waals surface area contributed by atoms with E-state index in [-0.39, 0.29) is 5.56 Å². The van der Waals surface area contributed by atoms with Crippen LogP contribution in [0.4, 0.5) is 0 Å². The number of benzene rings is 2. The molecule has 0 amide bonds. The van der Waals surface area contributed by atoms with E-state index in [9.17, 15) is 4.79 Å². The Morgan fingerprint density at radius 1 is 1.00 bits per heavy atom. The van der Waals surface area contributed by atoms with Gasteiger partial charge in [0.25, 0.3) is 5.56 Å². The molecule has 4 aromatic rings. The number of halogens is 1. The van der Waals surface area contributed by atoms with Crippen LogP contribution in [0.1, 0.15) is 29.3 Å². The molecule has 0 radical (unpaired) electrons. The van der Waals surface area contributed by atoms with E-state index in [1.165, 1.54) is 5.56 Å². The van der Waals surface area contributed by atoms with E-state index < -0.39 is 0 Å². The molecule has 0 aliphatic rings. The minimum atomic E-state index is -0.0540. The van der Waals surface area contributed by atoms with Crippen LogP contribution < -0.4 is 5.56 Å². The molecule has 2 aromatic carbocycles. The first-order chi connectivity index (χ1) is 14.5. The number of hydrogen-bond donors (Lipinski definition) is 0. The Bertz CT molecular complexity index is 1240. The summed E-state index contributed by atoms with van der Waals surface area (Å²) in [6, 6.07) is 16.0. The molecule has 0 N–H and O–H groups in total. The summed E-state index contributed by atoms with van der Waals surface area (Å²) in [7, 11) is 0. The van der Waals surface area contributed by atoms with Crippen molar-refractivity contribution in [3.8, 4) is 0 Å². The lowest BCUT2D eigenvalue weighted by Crippen LogP contribution is -2.25. The Morgan fingerprint density at radius 2 is 1.67 bits per heavy atom. The second-order valence-corrected chi connectivity index (χ2v) is 8.66. The van der Waals surface area contributed by atoms with Crippen molar-refractivity contribution < 1.29 is 0 Å². The van der Waals surface area contributed by atoms with Gasteiger partial charge in [-0.15, -0.1) is 0 Å². The van der Waals surface area contributed by atoms with Crippen molar-refractivity contribution in [2.45, 2.75) is 44.8 Å². The Kier molecular flexibility index (Phi) is 5.97. The maximum Gasteiger partial charge on any atom is 0.280 e. The van der Waals surface area contributed by atoms with Gasteiger partial charge >= 0.3 is 0 Å². The topological polar surface area (TPSA) is 52.7 Å². The maximum atomic E-state index is 13.5. The second-order valence-electron chi connectivity index (χ2n) is 7.28. The molecular weight excluding hydrogens is 416 g/mol. The summed E-state index contributed by atoms with van der Waals surface area (Å²) in [6.45, 7) is 7.04. The highest BCUT2D eigenvalue weighted by Gasteiger charge is 2.18. The van der Waals surface area contributed by atoms with Crippen LogP contribution in [-0.4, -0.2) is 19.3 Å². The van der Waals surface area contributed by atoms with E-state index in [2.05, 4.69) is 36.3 Å². The molecule has 7 heteroatoms. The third-order valence-corrected chi connectivity index (χ3v) is 6.32. The summed E-state index contributed by atoms with van der Waals surface area (Å²) in [5.74, 6) is 0.698. The van der Waals surface area contributed by atoms with Crippen molar-refractivity contribution in [2.24, 2.45) is 0 Å². The van der Waals surface area contributed by atoms with E-state index in [1.54, 1.807) is 21.0 Å². The van der Waals surface area contributed by atoms with Crippen molar-refractivity contribution in [3.63, 3.8) is 0 Å². The highest BCUT2D eigenvalue weighted by molar-refractivity contribution is 7.98. The molecule has 0 unspecified atom stereocenters. The van der Waals surface area contributed by atoms with E-state index >= 15 is 0 Å². The van der Waals surface area contributed by atoms with Crippen molar-refractivity contribution in [3.05, 3.63) is 86.3 Å². The Morgan fingerprint density at radius 3 is 2.33 bits per heavy atom. The fourth-order valence-electron chi connectivity index (χ4n) is 3.37. The van der Waals surface area contributed by atoms with Gasteiger partial charge in [0.1, 0.15) is 5.52 Å². The lowest BCUT2D eigenvalue weighted by atomic mass is 10.1. The highest BCUT2D eigenvalue weighted by atomic mass is 35.5. The minimum Gasteiger partial charge on any atom is -0.281 e. The van der Waals surface area contributed by atoms with Gasteiger partial charge in [0.05, 0.1) is 12.2 Å². The molecule has 0 saturated heterocycles. The largest absolute Gasteiger partial charge is 0.281 e. The van der Waals surface area contributed by atoms with Crippen molar-refractivity contribution in [1.29, 1.82) is 0 Å². The zero-order valence-electron chi connectivity index (χ0n) is 17.2. The first-order valence-corrected chi connectivity index (χ1v) is 11.2. The van der Waals surface area contributed by atoms with Gasteiger partial charge < -0.3 is 0 Å². The van der Waals surface area contributed by atoms with E-state index in [0.29, 0.717) is 40.1 Å². The number of aromatic nitrogens is 4. The quantitative estimate of drug-likeness (QED) is 0.306. The van der Waals surface area contributed by atoms with Gasteiger partial charge in [0, 0.05) is 17.3 Å². The van der Waals surface area contributed by atoms with Crippen LogP contribution in [0, 0.1) is 13.8 Å². The van der Waals surface area contributed by atoms with Crippen LogP contribution in [0.25, 0.3) is 11.0 Å². The maximum absolute atomic E-state index is 13.5. The van der Waals surface area contributed by atoms with Crippen molar-refractivity contribution >= 4 is 34.4 Å². The molecule has 0 spiro atoms. The first kappa shape index (κ1) is 20.7. The predicted octanol–water partition coefficient (Wildman–Crippen LogP) is 5.22. The van der Waals surface area contributed by atoms with Crippen LogP contribution in [0.5, 0.6) is 0 Å². The molecule has 0 saturated carbocycles. The predicted molar refractivity (Wildman–Crippen MR) is 123 cm³/mol.